The summed E-state index contributed by atoms with van der Waals surface area (Å²) in [5, 5.41) is 0. The van der Waals surface area contributed by atoms with Gasteiger partial charge in [-0.2, -0.15) is 13.2 Å². The SMILES string of the molecule is FC(F)(F)C1CCCN(c2cc(CCl)ccn2)C1. The number of alkyl halides is 4. The molecule has 1 aromatic rings. The van der Waals surface area contributed by atoms with Gasteiger partial charge < -0.3 is 4.90 Å². The summed E-state index contributed by atoms with van der Waals surface area (Å²) in [6.45, 7) is 0.605. The van der Waals surface area contributed by atoms with Gasteiger partial charge >= 0.3 is 6.18 Å². The lowest BCUT2D eigenvalue weighted by molar-refractivity contribution is -0.176. The highest BCUT2D eigenvalue weighted by molar-refractivity contribution is 6.17. The van der Waals surface area contributed by atoms with Crippen molar-refractivity contribution in [3.05, 3.63) is 23.9 Å². The van der Waals surface area contributed by atoms with Crippen molar-refractivity contribution < 1.29 is 13.2 Å². The molecule has 6 heteroatoms. The molecule has 2 rings (SSSR count). The Morgan fingerprint density at radius 3 is 2.89 bits per heavy atom. The molecule has 1 unspecified atom stereocenters. The second kappa shape index (κ2) is 5.34. The van der Waals surface area contributed by atoms with Crippen molar-refractivity contribution in [3.8, 4) is 0 Å². The van der Waals surface area contributed by atoms with E-state index in [9.17, 15) is 13.2 Å². The number of piperidine rings is 1. The summed E-state index contributed by atoms with van der Waals surface area (Å²) in [6, 6.07) is 3.52. The van der Waals surface area contributed by atoms with Gasteiger partial charge in [0, 0.05) is 25.2 Å². The van der Waals surface area contributed by atoms with Gasteiger partial charge in [-0.1, -0.05) is 0 Å². The fraction of sp³-hybridized carbons (Fsp3) is 0.583. The average molecular weight is 279 g/mol. The number of halogens is 4. The summed E-state index contributed by atoms with van der Waals surface area (Å²) < 4.78 is 38.1. The van der Waals surface area contributed by atoms with Gasteiger partial charge in [-0.15, -0.1) is 11.6 Å². The molecular formula is C12H14ClF3N2. The van der Waals surface area contributed by atoms with Crippen LogP contribution >= 0.6 is 11.6 Å². The quantitative estimate of drug-likeness (QED) is 0.769. The van der Waals surface area contributed by atoms with E-state index in [1.54, 1.807) is 23.2 Å². The number of rotatable bonds is 2. The van der Waals surface area contributed by atoms with Crippen molar-refractivity contribution >= 4 is 17.4 Å². The maximum Gasteiger partial charge on any atom is 0.393 e. The summed E-state index contributed by atoms with van der Waals surface area (Å²) >= 11 is 5.71. The minimum atomic E-state index is -4.12. The first-order valence-electron chi connectivity index (χ1n) is 5.83. The van der Waals surface area contributed by atoms with Crippen molar-refractivity contribution in [2.75, 3.05) is 18.0 Å². The van der Waals surface area contributed by atoms with Gasteiger partial charge in [0.2, 0.25) is 0 Å². The van der Waals surface area contributed by atoms with E-state index in [0.717, 1.165) is 5.56 Å². The molecule has 0 bridgehead atoms. The molecule has 2 heterocycles. The van der Waals surface area contributed by atoms with Crippen LogP contribution in [0.5, 0.6) is 0 Å². The highest BCUT2D eigenvalue weighted by Gasteiger charge is 2.42. The first-order valence-corrected chi connectivity index (χ1v) is 6.36. The molecule has 18 heavy (non-hydrogen) atoms. The van der Waals surface area contributed by atoms with Crippen LogP contribution in [0.25, 0.3) is 0 Å². The minimum Gasteiger partial charge on any atom is -0.356 e. The van der Waals surface area contributed by atoms with E-state index in [2.05, 4.69) is 4.98 Å². The molecule has 1 atom stereocenters. The molecule has 2 nitrogen and oxygen atoms in total. The number of aromatic nitrogens is 1. The van der Waals surface area contributed by atoms with E-state index < -0.39 is 12.1 Å². The molecule has 100 valence electrons. The van der Waals surface area contributed by atoms with E-state index >= 15 is 0 Å². The predicted octanol–water partition coefficient (Wildman–Crippen LogP) is 3.60. The van der Waals surface area contributed by atoms with E-state index in [-0.39, 0.29) is 13.0 Å². The Labute approximate surface area is 109 Å². The summed E-state index contributed by atoms with van der Waals surface area (Å²) in [5.41, 5.74) is 0.871. The number of nitrogens with zero attached hydrogens (tertiary/aromatic N) is 2. The highest BCUT2D eigenvalue weighted by atomic mass is 35.5. The van der Waals surface area contributed by atoms with Crippen molar-refractivity contribution in [2.45, 2.75) is 24.9 Å². The molecule has 0 amide bonds. The van der Waals surface area contributed by atoms with Crippen LogP contribution in [0.1, 0.15) is 18.4 Å². The van der Waals surface area contributed by atoms with Gasteiger partial charge in [-0.25, -0.2) is 4.98 Å². The molecule has 0 radical (unpaired) electrons. The fourth-order valence-corrected chi connectivity index (χ4v) is 2.34. The zero-order chi connectivity index (χ0) is 13.2. The molecule has 0 spiro atoms. The second-order valence-electron chi connectivity index (χ2n) is 4.48. The van der Waals surface area contributed by atoms with Crippen LogP contribution in [0.2, 0.25) is 0 Å². The zero-order valence-electron chi connectivity index (χ0n) is 9.75. The van der Waals surface area contributed by atoms with Crippen LogP contribution in [0.4, 0.5) is 19.0 Å². The summed E-state index contributed by atoms with van der Waals surface area (Å²) in [4.78, 5) is 5.82. The zero-order valence-corrected chi connectivity index (χ0v) is 10.5. The normalized spacial score (nSPS) is 21.1. The van der Waals surface area contributed by atoms with Gasteiger partial charge in [-0.3, -0.25) is 0 Å². The topological polar surface area (TPSA) is 16.1 Å². The average Bonchev–Trinajstić information content (AvgIpc) is 2.38. The first kappa shape index (κ1) is 13.5. The Morgan fingerprint density at radius 1 is 1.44 bits per heavy atom. The molecule has 1 aliphatic heterocycles. The summed E-state index contributed by atoms with van der Waals surface area (Å²) in [7, 11) is 0. The summed E-state index contributed by atoms with van der Waals surface area (Å²) in [6.07, 6.45) is -1.79. The predicted molar refractivity (Wildman–Crippen MR) is 64.8 cm³/mol. The Morgan fingerprint density at radius 2 is 2.22 bits per heavy atom. The standard InChI is InChI=1S/C12H14ClF3N2/c13-7-9-3-4-17-11(6-9)18-5-1-2-10(8-18)12(14,15)16/h3-4,6,10H,1-2,5,7-8H2. The van der Waals surface area contributed by atoms with Gasteiger partial charge in [-0.05, 0) is 30.5 Å². The minimum absolute atomic E-state index is 0.0117. The Bertz CT molecular complexity index is 409. The smallest absolute Gasteiger partial charge is 0.356 e. The Hall–Kier alpha value is -0.970. The van der Waals surface area contributed by atoms with Crippen LogP contribution in [-0.4, -0.2) is 24.2 Å². The number of hydrogen-bond donors (Lipinski definition) is 0. The Balaban J connectivity index is 2.13. The molecule has 1 aromatic heterocycles. The van der Waals surface area contributed by atoms with Crippen LogP contribution in [0, 0.1) is 5.92 Å². The van der Waals surface area contributed by atoms with E-state index in [1.807, 2.05) is 0 Å². The molecule has 1 aliphatic rings. The number of pyridine rings is 1. The van der Waals surface area contributed by atoms with Gasteiger partial charge in [0.05, 0.1) is 5.92 Å². The Kier molecular flexibility index (Phi) is 4.00. The van der Waals surface area contributed by atoms with Crippen molar-refractivity contribution in [2.24, 2.45) is 5.92 Å². The van der Waals surface area contributed by atoms with E-state index in [0.29, 0.717) is 24.7 Å². The first-order chi connectivity index (χ1) is 8.50. The lowest BCUT2D eigenvalue weighted by Gasteiger charge is -2.34. The molecule has 0 saturated carbocycles. The third kappa shape index (κ3) is 3.07. The van der Waals surface area contributed by atoms with Crippen LogP contribution in [0.15, 0.2) is 18.3 Å². The van der Waals surface area contributed by atoms with Crippen LogP contribution < -0.4 is 4.90 Å². The summed E-state index contributed by atoms with van der Waals surface area (Å²) in [5.74, 6) is -0.332. The fourth-order valence-electron chi connectivity index (χ4n) is 2.17. The van der Waals surface area contributed by atoms with Crippen LogP contribution in [0.3, 0.4) is 0 Å². The van der Waals surface area contributed by atoms with E-state index in [1.165, 1.54) is 0 Å². The third-order valence-electron chi connectivity index (χ3n) is 3.17. The van der Waals surface area contributed by atoms with Gasteiger partial charge in [0.15, 0.2) is 0 Å². The highest BCUT2D eigenvalue weighted by Crippen LogP contribution is 2.34. The molecule has 0 aromatic carbocycles. The molecule has 1 saturated heterocycles. The molecule has 0 aliphatic carbocycles. The van der Waals surface area contributed by atoms with Crippen molar-refractivity contribution in [1.29, 1.82) is 0 Å². The largest absolute Gasteiger partial charge is 0.393 e. The number of anilines is 1. The van der Waals surface area contributed by atoms with E-state index in [4.69, 9.17) is 11.6 Å². The lowest BCUT2D eigenvalue weighted by atomic mass is 9.97. The van der Waals surface area contributed by atoms with Crippen molar-refractivity contribution in [1.82, 2.24) is 4.98 Å². The molecule has 1 fully saturated rings. The molecule has 0 N–H and O–H groups in total. The molecular weight excluding hydrogens is 265 g/mol. The maximum absolute atomic E-state index is 12.7. The van der Waals surface area contributed by atoms with Gasteiger partial charge in [0.1, 0.15) is 5.82 Å². The van der Waals surface area contributed by atoms with Crippen molar-refractivity contribution in [3.63, 3.8) is 0 Å². The van der Waals surface area contributed by atoms with Gasteiger partial charge in [0.25, 0.3) is 0 Å². The third-order valence-corrected chi connectivity index (χ3v) is 3.48. The van der Waals surface area contributed by atoms with Crippen LogP contribution in [-0.2, 0) is 5.88 Å². The second-order valence-corrected chi connectivity index (χ2v) is 4.75. The monoisotopic (exact) mass is 278 g/mol. The maximum atomic E-state index is 12.7. The number of hydrogen-bond acceptors (Lipinski definition) is 2. The lowest BCUT2D eigenvalue weighted by Crippen LogP contribution is -2.42.